The molecule has 9 nitrogen and oxygen atoms in total. The Kier molecular flexibility index (Phi) is 5.20. The molecule has 0 aliphatic carbocycles. The molecule has 0 saturated carbocycles. The number of nitrogens with one attached hydrogen (secondary N) is 2. The molecular weight excluding hydrogens is 393 g/mol. The molecule has 150 valence electrons. The van der Waals surface area contributed by atoms with Crippen LogP contribution in [0.1, 0.15) is 11.1 Å². The maximum atomic E-state index is 14.1. The zero-order valence-electron chi connectivity index (χ0n) is 15.2. The fourth-order valence-corrected chi connectivity index (χ4v) is 2.58. The summed E-state index contributed by atoms with van der Waals surface area (Å²) >= 11 is 0. The van der Waals surface area contributed by atoms with E-state index in [1.807, 2.05) is 0 Å². The quantitative estimate of drug-likeness (QED) is 0.175. The van der Waals surface area contributed by atoms with Gasteiger partial charge >= 0.3 is 0 Å². The number of nitrogens with zero attached hydrogens (tertiary/aromatic N) is 1. The number of rotatable bonds is 5. The number of benzene rings is 1. The minimum Gasteiger partial charge on any atom is -0.503 e. The van der Waals surface area contributed by atoms with E-state index in [2.05, 4.69) is 21.4 Å². The summed E-state index contributed by atoms with van der Waals surface area (Å²) < 4.78 is 14.1. The van der Waals surface area contributed by atoms with Crippen molar-refractivity contribution < 1.29 is 14.3 Å². The smallest absolute Gasteiger partial charge is 0.271 e. The van der Waals surface area contributed by atoms with Gasteiger partial charge in [0, 0.05) is 23.0 Å². The number of H-pyrrole nitrogens is 1. The third kappa shape index (κ3) is 3.55. The Bertz CT molecular complexity index is 1320. The van der Waals surface area contributed by atoms with Gasteiger partial charge in [-0.05, 0) is 24.3 Å². The van der Waals surface area contributed by atoms with Gasteiger partial charge in [0.2, 0.25) is 5.43 Å². The molecular formula is C20H14FN5O4. The average Bonchev–Trinajstić information content (AvgIpc) is 3.28. The topological polar surface area (TPSA) is 164 Å². The number of terminal acetylenes is 1. The fourth-order valence-electron chi connectivity index (χ4n) is 2.58. The van der Waals surface area contributed by atoms with Gasteiger partial charge in [-0.3, -0.25) is 19.5 Å². The highest BCUT2D eigenvalue weighted by atomic mass is 19.1. The molecule has 0 saturated heterocycles. The van der Waals surface area contributed by atoms with Crippen LogP contribution in [-0.2, 0) is 4.79 Å². The average molecular weight is 407 g/mol. The van der Waals surface area contributed by atoms with Gasteiger partial charge in [-0.25, -0.2) is 4.39 Å². The Balaban J connectivity index is 1.96. The summed E-state index contributed by atoms with van der Waals surface area (Å²) in [6.07, 6.45) is 10.9. The van der Waals surface area contributed by atoms with Gasteiger partial charge in [0.1, 0.15) is 5.82 Å². The SMILES string of the molecule is C#Cc1cc(NC(=O)/C(N)=C/C=C(\N)c2cn[nH]c2)c(-c2c(O)c(=O)c2=O)cc1F. The first-order valence-electron chi connectivity index (χ1n) is 8.30. The number of amides is 1. The van der Waals surface area contributed by atoms with Crippen LogP contribution in [0.4, 0.5) is 10.1 Å². The van der Waals surface area contributed by atoms with Gasteiger partial charge in [0.15, 0.2) is 5.75 Å². The molecule has 3 rings (SSSR count). The molecule has 0 fully saturated rings. The van der Waals surface area contributed by atoms with Crippen LogP contribution >= 0.6 is 0 Å². The summed E-state index contributed by atoms with van der Waals surface area (Å²) in [5.74, 6) is -0.438. The molecule has 1 heterocycles. The Hall–Kier alpha value is -4.65. The number of nitrogens with two attached hydrogens (primary N) is 2. The second-order valence-electron chi connectivity index (χ2n) is 6.09. The molecule has 0 unspecified atom stereocenters. The van der Waals surface area contributed by atoms with E-state index in [9.17, 15) is 23.9 Å². The summed E-state index contributed by atoms with van der Waals surface area (Å²) in [6.45, 7) is 0. The lowest BCUT2D eigenvalue weighted by Crippen LogP contribution is -2.32. The predicted molar refractivity (Wildman–Crippen MR) is 108 cm³/mol. The van der Waals surface area contributed by atoms with E-state index in [1.54, 1.807) is 6.20 Å². The first-order valence-corrected chi connectivity index (χ1v) is 8.30. The van der Waals surface area contributed by atoms with Crippen molar-refractivity contribution in [2.45, 2.75) is 0 Å². The van der Waals surface area contributed by atoms with Gasteiger partial charge in [-0.15, -0.1) is 6.42 Å². The zero-order valence-corrected chi connectivity index (χ0v) is 15.2. The van der Waals surface area contributed by atoms with E-state index in [0.717, 1.165) is 12.1 Å². The highest BCUT2D eigenvalue weighted by molar-refractivity contribution is 6.06. The van der Waals surface area contributed by atoms with Crippen LogP contribution in [-0.4, -0.2) is 21.2 Å². The number of allylic oxidation sites excluding steroid dienone is 2. The Morgan fingerprint density at radius 3 is 2.60 bits per heavy atom. The Morgan fingerprint density at radius 2 is 2.00 bits per heavy atom. The second kappa shape index (κ2) is 7.76. The molecule has 10 heteroatoms. The number of halogens is 1. The van der Waals surface area contributed by atoms with Crippen LogP contribution in [0, 0.1) is 18.2 Å². The third-order valence-corrected chi connectivity index (χ3v) is 4.20. The standard InChI is InChI=1S/C20H14FN5O4/c1-2-9-5-15(11(6-12(9)21)16-17(27)19(29)18(16)28)26-20(30)14(23)4-3-13(22)10-7-24-25-8-10/h1,3-8,27H,22-23H2,(H,24,25)(H,26,30)/b13-3-,14-4-. The summed E-state index contributed by atoms with van der Waals surface area (Å²) in [4.78, 5) is 35.5. The van der Waals surface area contributed by atoms with Crippen molar-refractivity contribution in [3.63, 3.8) is 0 Å². The number of aromatic hydroxyl groups is 1. The van der Waals surface area contributed by atoms with Crippen LogP contribution in [0.3, 0.4) is 0 Å². The summed E-state index contributed by atoms with van der Waals surface area (Å²) in [6, 6.07) is 1.93. The molecule has 1 aromatic heterocycles. The molecule has 0 spiro atoms. The third-order valence-electron chi connectivity index (χ3n) is 4.20. The number of anilines is 1. The molecule has 0 aliphatic heterocycles. The van der Waals surface area contributed by atoms with E-state index in [0.29, 0.717) is 5.56 Å². The van der Waals surface area contributed by atoms with Gasteiger partial charge in [0.25, 0.3) is 11.3 Å². The van der Waals surface area contributed by atoms with Crippen LogP contribution < -0.4 is 27.6 Å². The molecule has 0 bridgehead atoms. The highest BCUT2D eigenvalue weighted by Gasteiger charge is 2.26. The van der Waals surface area contributed by atoms with Crippen molar-refractivity contribution in [1.29, 1.82) is 0 Å². The Labute approximate surface area is 168 Å². The highest BCUT2D eigenvalue weighted by Crippen LogP contribution is 2.33. The molecule has 1 amide bonds. The van der Waals surface area contributed by atoms with Crippen LogP contribution in [0.15, 0.2) is 52.0 Å². The Morgan fingerprint density at radius 1 is 1.27 bits per heavy atom. The largest absolute Gasteiger partial charge is 0.503 e. The van der Waals surface area contributed by atoms with Gasteiger partial charge < -0.3 is 21.9 Å². The van der Waals surface area contributed by atoms with E-state index in [4.69, 9.17) is 17.9 Å². The molecule has 0 aliphatic rings. The summed E-state index contributed by atoms with van der Waals surface area (Å²) in [5, 5.41) is 18.4. The molecule has 0 atom stereocenters. The van der Waals surface area contributed by atoms with Gasteiger partial charge in [-0.1, -0.05) is 5.92 Å². The number of aromatic amines is 1. The molecule has 0 radical (unpaired) electrons. The lowest BCUT2D eigenvalue weighted by atomic mass is 9.96. The first kappa shape index (κ1) is 20.1. The van der Waals surface area contributed by atoms with Gasteiger partial charge in [0.05, 0.1) is 28.7 Å². The summed E-state index contributed by atoms with van der Waals surface area (Å²) in [7, 11) is 0. The monoisotopic (exact) mass is 407 g/mol. The molecule has 3 aromatic rings. The zero-order chi connectivity index (χ0) is 22.0. The van der Waals surface area contributed by atoms with E-state index in [-0.39, 0.29) is 28.2 Å². The number of hydrogen-bond acceptors (Lipinski definition) is 7. The predicted octanol–water partition coefficient (Wildman–Crippen LogP) is 0.280. The van der Waals surface area contributed by atoms with Crippen molar-refractivity contribution >= 4 is 17.3 Å². The van der Waals surface area contributed by atoms with Crippen LogP contribution in [0.25, 0.3) is 16.8 Å². The van der Waals surface area contributed by atoms with Crippen LogP contribution in [0.2, 0.25) is 0 Å². The van der Waals surface area contributed by atoms with Crippen molar-refractivity contribution in [2.75, 3.05) is 5.32 Å². The number of carbonyl (C=O) groups excluding carboxylic acids is 1. The minimum absolute atomic E-state index is 0.111. The lowest BCUT2D eigenvalue weighted by molar-refractivity contribution is -0.112. The molecule has 2 aromatic carbocycles. The molecule has 30 heavy (non-hydrogen) atoms. The first-order chi connectivity index (χ1) is 14.2. The van der Waals surface area contributed by atoms with Crippen molar-refractivity contribution in [3.8, 4) is 29.2 Å². The van der Waals surface area contributed by atoms with Crippen molar-refractivity contribution in [2.24, 2.45) is 11.5 Å². The van der Waals surface area contributed by atoms with E-state index < -0.39 is 33.9 Å². The lowest BCUT2D eigenvalue weighted by Gasteiger charge is -2.14. The maximum Gasteiger partial charge on any atom is 0.271 e. The maximum absolute atomic E-state index is 14.1. The second-order valence-corrected chi connectivity index (χ2v) is 6.09. The summed E-state index contributed by atoms with van der Waals surface area (Å²) in [5.41, 5.74) is 9.09. The van der Waals surface area contributed by atoms with E-state index >= 15 is 0 Å². The van der Waals surface area contributed by atoms with Crippen molar-refractivity contribution in [3.05, 3.63) is 79.8 Å². The van der Waals surface area contributed by atoms with E-state index in [1.165, 1.54) is 18.3 Å². The normalized spacial score (nSPS) is 12.0. The molecule has 7 N–H and O–H groups in total. The number of hydrogen-bond donors (Lipinski definition) is 5. The fraction of sp³-hybridized carbons (Fsp3) is 0. The number of aromatic nitrogens is 2. The van der Waals surface area contributed by atoms with Crippen LogP contribution in [0.5, 0.6) is 5.75 Å². The number of carbonyl (C=O) groups is 1. The van der Waals surface area contributed by atoms with Gasteiger partial charge in [-0.2, -0.15) is 5.10 Å². The van der Waals surface area contributed by atoms with Crippen molar-refractivity contribution in [1.82, 2.24) is 10.2 Å². The minimum atomic E-state index is -1.11.